The Balaban J connectivity index is 1.45. The summed E-state index contributed by atoms with van der Waals surface area (Å²) < 4.78 is 38.0. The minimum atomic E-state index is -0.469. The van der Waals surface area contributed by atoms with Crippen LogP contribution in [0.4, 0.5) is 0 Å². The molecule has 5 rings (SSSR count). The molecule has 2 spiro atoms. The van der Waals surface area contributed by atoms with E-state index >= 15 is 0 Å². The maximum atomic E-state index is 6.60. The van der Waals surface area contributed by atoms with E-state index in [1.54, 1.807) is 14.2 Å². The second-order valence-electron chi connectivity index (χ2n) is 8.67. The predicted octanol–water partition coefficient (Wildman–Crippen LogP) is 2.92. The van der Waals surface area contributed by atoms with Crippen LogP contribution in [0.5, 0.6) is 0 Å². The van der Waals surface area contributed by atoms with Crippen molar-refractivity contribution < 1.29 is 28.4 Å². The van der Waals surface area contributed by atoms with E-state index in [4.69, 9.17) is 28.4 Å². The van der Waals surface area contributed by atoms with Gasteiger partial charge in [0, 0.05) is 39.9 Å². The quantitative estimate of drug-likeness (QED) is 0.747. The minimum Gasteiger partial charge on any atom is -0.376 e. The van der Waals surface area contributed by atoms with Crippen molar-refractivity contribution in [1.82, 2.24) is 0 Å². The van der Waals surface area contributed by atoms with Gasteiger partial charge in [0.15, 0.2) is 11.6 Å². The van der Waals surface area contributed by atoms with E-state index in [2.05, 4.69) is 0 Å². The summed E-state index contributed by atoms with van der Waals surface area (Å²) in [6, 6.07) is 0. The summed E-state index contributed by atoms with van der Waals surface area (Å²) >= 11 is 0. The maximum Gasteiger partial charge on any atom is 0.169 e. The molecule has 0 N–H and O–H groups in total. The predicted molar refractivity (Wildman–Crippen MR) is 92.7 cm³/mol. The Bertz CT molecular complexity index is 466. The van der Waals surface area contributed by atoms with Gasteiger partial charge in [0.05, 0.1) is 0 Å². The van der Waals surface area contributed by atoms with Gasteiger partial charge in [-0.1, -0.05) is 12.8 Å². The lowest BCUT2D eigenvalue weighted by atomic mass is 9.85. The molecule has 0 aromatic carbocycles. The van der Waals surface area contributed by atoms with Crippen LogP contribution >= 0.6 is 0 Å². The second kappa shape index (κ2) is 6.68. The van der Waals surface area contributed by atoms with Gasteiger partial charge in [0.25, 0.3) is 0 Å². The molecule has 0 radical (unpaired) electrons. The van der Waals surface area contributed by atoms with Gasteiger partial charge >= 0.3 is 0 Å². The Morgan fingerprint density at radius 3 is 1.23 bits per heavy atom. The first-order valence-electron chi connectivity index (χ1n) is 10.5. The van der Waals surface area contributed by atoms with Crippen molar-refractivity contribution in [2.24, 2.45) is 0 Å². The number of fused-ring (bicyclic) bond motifs is 3. The van der Waals surface area contributed by atoms with Gasteiger partial charge in [-0.3, -0.25) is 0 Å². The van der Waals surface area contributed by atoms with E-state index in [0.29, 0.717) is 0 Å². The normalized spacial score (nSPS) is 46.4. The molecule has 0 amide bonds. The first-order chi connectivity index (χ1) is 12.7. The van der Waals surface area contributed by atoms with Crippen LogP contribution < -0.4 is 0 Å². The molecule has 6 atom stereocenters. The van der Waals surface area contributed by atoms with Crippen molar-refractivity contribution in [3.8, 4) is 0 Å². The monoisotopic (exact) mass is 368 g/mol. The highest BCUT2D eigenvalue weighted by atomic mass is 16.8. The van der Waals surface area contributed by atoms with Crippen LogP contribution in [-0.4, -0.2) is 62.4 Å². The second-order valence-corrected chi connectivity index (χ2v) is 8.67. The van der Waals surface area contributed by atoms with Gasteiger partial charge in [0.2, 0.25) is 0 Å². The van der Waals surface area contributed by atoms with Crippen molar-refractivity contribution in [3.63, 3.8) is 0 Å². The van der Waals surface area contributed by atoms with Crippen molar-refractivity contribution >= 4 is 0 Å². The highest BCUT2D eigenvalue weighted by Gasteiger charge is 2.66. The molecule has 5 aliphatic rings. The Hall–Kier alpha value is -0.240. The minimum absolute atomic E-state index is 0.143. The van der Waals surface area contributed by atoms with Crippen LogP contribution in [0.15, 0.2) is 0 Å². The molecule has 2 aliphatic heterocycles. The maximum absolute atomic E-state index is 6.60. The molecule has 0 aromatic rings. The summed E-state index contributed by atoms with van der Waals surface area (Å²) in [5.41, 5.74) is 0. The lowest BCUT2D eigenvalue weighted by Crippen LogP contribution is -2.62. The molecule has 0 unspecified atom stereocenters. The van der Waals surface area contributed by atoms with Crippen molar-refractivity contribution in [2.75, 3.05) is 14.2 Å². The molecule has 6 heteroatoms. The van der Waals surface area contributed by atoms with Crippen LogP contribution in [0.1, 0.15) is 64.2 Å². The lowest BCUT2D eigenvalue weighted by Gasteiger charge is -2.41. The van der Waals surface area contributed by atoms with Gasteiger partial charge in [-0.2, -0.15) is 0 Å². The van der Waals surface area contributed by atoms with Crippen molar-refractivity contribution in [2.45, 2.75) is 112 Å². The van der Waals surface area contributed by atoms with E-state index in [1.807, 2.05) is 0 Å². The van der Waals surface area contributed by atoms with E-state index in [0.717, 1.165) is 51.4 Å². The molecular formula is C20H32O6. The molecule has 2 saturated heterocycles. The Morgan fingerprint density at radius 2 is 0.885 bits per heavy atom. The van der Waals surface area contributed by atoms with Crippen molar-refractivity contribution in [3.05, 3.63) is 0 Å². The first-order valence-corrected chi connectivity index (χ1v) is 10.5. The van der Waals surface area contributed by atoms with E-state index < -0.39 is 11.6 Å². The average molecular weight is 368 g/mol. The van der Waals surface area contributed by atoms with Crippen LogP contribution in [0, 0.1) is 0 Å². The fourth-order valence-corrected chi connectivity index (χ4v) is 5.89. The highest BCUT2D eigenvalue weighted by Crippen LogP contribution is 2.52. The Labute approximate surface area is 155 Å². The Morgan fingerprint density at radius 1 is 0.538 bits per heavy atom. The zero-order chi connectivity index (χ0) is 17.8. The highest BCUT2D eigenvalue weighted by molar-refractivity contribution is 5.10. The van der Waals surface area contributed by atoms with Gasteiger partial charge < -0.3 is 28.4 Å². The van der Waals surface area contributed by atoms with Gasteiger partial charge in [-0.15, -0.1) is 0 Å². The molecular weight excluding hydrogens is 336 g/mol. The third-order valence-electron chi connectivity index (χ3n) is 7.12. The zero-order valence-electron chi connectivity index (χ0n) is 16.0. The molecule has 6 nitrogen and oxygen atoms in total. The number of ether oxygens (including phenoxy) is 6. The van der Waals surface area contributed by atoms with Gasteiger partial charge in [-0.25, -0.2) is 0 Å². The fraction of sp³-hybridized carbons (Fsp3) is 1.00. The fourth-order valence-electron chi connectivity index (χ4n) is 5.89. The number of methoxy groups -OCH3 is 2. The molecule has 26 heavy (non-hydrogen) atoms. The number of rotatable bonds is 2. The molecule has 148 valence electrons. The van der Waals surface area contributed by atoms with Gasteiger partial charge in [-0.05, 0) is 25.7 Å². The van der Waals surface area contributed by atoms with E-state index in [1.165, 1.54) is 12.8 Å². The van der Waals surface area contributed by atoms with E-state index in [9.17, 15) is 0 Å². The summed E-state index contributed by atoms with van der Waals surface area (Å²) in [7, 11) is 3.46. The van der Waals surface area contributed by atoms with E-state index in [-0.39, 0.29) is 36.6 Å². The molecule has 0 aromatic heterocycles. The topological polar surface area (TPSA) is 55.4 Å². The molecule has 3 saturated carbocycles. The van der Waals surface area contributed by atoms with Crippen LogP contribution in [0.25, 0.3) is 0 Å². The van der Waals surface area contributed by atoms with Crippen LogP contribution in [-0.2, 0) is 28.4 Å². The van der Waals surface area contributed by atoms with Crippen LogP contribution in [0.2, 0.25) is 0 Å². The molecule has 2 heterocycles. The Kier molecular flexibility index (Phi) is 4.58. The first kappa shape index (κ1) is 17.8. The summed E-state index contributed by atoms with van der Waals surface area (Å²) in [6.45, 7) is 0. The van der Waals surface area contributed by atoms with Gasteiger partial charge in [0.1, 0.15) is 36.6 Å². The summed E-state index contributed by atoms with van der Waals surface area (Å²) in [5.74, 6) is -0.938. The SMILES string of the molecule is CO[C@@H]1[C@H](OC)[C@H]2OC3(CCCCC3)O[C@H]2[C@@H]2OC3(CCCCC3)O[C@@H]12. The lowest BCUT2D eigenvalue weighted by molar-refractivity contribution is -0.227. The van der Waals surface area contributed by atoms with Crippen LogP contribution in [0.3, 0.4) is 0 Å². The third kappa shape index (κ3) is 2.68. The average Bonchev–Trinajstić information content (AvgIpc) is 3.20. The molecule has 0 bridgehead atoms. The standard InChI is InChI=1S/C20H32O6/c1-21-13-14(22-2)16-18(26-20(24-16)11-7-4-8-12-20)17-15(13)23-19(25-17)9-5-3-6-10-19/h13-18H,3-12H2,1-2H3/t13-,14+,15+,16-,17-,18-/m1/s1. The smallest absolute Gasteiger partial charge is 0.169 e. The molecule has 5 fully saturated rings. The summed E-state index contributed by atoms with van der Waals surface area (Å²) in [6.07, 6.45) is 9.94. The number of hydrogen-bond acceptors (Lipinski definition) is 6. The number of hydrogen-bond donors (Lipinski definition) is 0. The summed E-state index contributed by atoms with van der Waals surface area (Å²) in [4.78, 5) is 0. The molecule has 3 aliphatic carbocycles. The van der Waals surface area contributed by atoms with Crippen molar-refractivity contribution in [1.29, 1.82) is 0 Å². The zero-order valence-corrected chi connectivity index (χ0v) is 16.0. The largest absolute Gasteiger partial charge is 0.376 e. The summed E-state index contributed by atoms with van der Waals surface area (Å²) in [5, 5.41) is 0. The third-order valence-corrected chi connectivity index (χ3v) is 7.12.